The summed E-state index contributed by atoms with van der Waals surface area (Å²) in [5.41, 5.74) is 5.51. The molecule has 6 nitrogen and oxygen atoms in total. The molecule has 0 aliphatic carbocycles. The van der Waals surface area contributed by atoms with E-state index in [0.717, 1.165) is 44.5 Å². The second kappa shape index (κ2) is 9.38. The molecule has 2 heterocycles. The zero-order chi connectivity index (χ0) is 23.5. The van der Waals surface area contributed by atoms with Crippen LogP contribution in [0.1, 0.15) is 18.1 Å². The van der Waals surface area contributed by atoms with Crippen LogP contribution in [0.2, 0.25) is 5.15 Å². The quantitative estimate of drug-likeness (QED) is 0.261. The largest absolute Gasteiger partial charge is 0.497 e. The summed E-state index contributed by atoms with van der Waals surface area (Å²) in [5, 5.41) is 3.92. The number of aromatic nitrogens is 1. The van der Waals surface area contributed by atoms with Gasteiger partial charge in [-0.05, 0) is 55.3 Å². The Morgan fingerprint density at radius 1 is 1.15 bits per heavy atom. The van der Waals surface area contributed by atoms with E-state index < -0.39 is 0 Å². The Labute approximate surface area is 196 Å². The summed E-state index contributed by atoms with van der Waals surface area (Å²) in [6.07, 6.45) is 4.81. The SMILES string of the molecule is COc1ccc(-c2coc3c(C)c(OC)c(/C(C)=C/C(=O)Nc4cccnc4Cl)cc23)cc1. The first-order valence-corrected chi connectivity index (χ1v) is 10.6. The topological polar surface area (TPSA) is 73.6 Å². The Bertz CT molecular complexity index is 1360. The summed E-state index contributed by atoms with van der Waals surface area (Å²) in [4.78, 5) is 16.6. The predicted octanol–water partition coefficient (Wildman–Crippen LogP) is 6.52. The first kappa shape index (κ1) is 22.4. The highest BCUT2D eigenvalue weighted by Crippen LogP contribution is 2.40. The van der Waals surface area contributed by atoms with Gasteiger partial charge in [-0.15, -0.1) is 0 Å². The van der Waals surface area contributed by atoms with Gasteiger partial charge >= 0.3 is 0 Å². The second-order valence-corrected chi connectivity index (χ2v) is 7.85. The highest BCUT2D eigenvalue weighted by atomic mass is 35.5. The number of anilines is 1. The predicted molar refractivity (Wildman–Crippen MR) is 131 cm³/mol. The average Bonchev–Trinajstić information content (AvgIpc) is 3.25. The van der Waals surface area contributed by atoms with E-state index in [1.165, 1.54) is 6.08 Å². The molecular formula is C26H23ClN2O4. The highest BCUT2D eigenvalue weighted by Gasteiger charge is 2.19. The van der Waals surface area contributed by atoms with Gasteiger partial charge in [0.25, 0.3) is 0 Å². The van der Waals surface area contributed by atoms with E-state index in [0.29, 0.717) is 11.4 Å². The van der Waals surface area contributed by atoms with E-state index in [2.05, 4.69) is 10.3 Å². The van der Waals surface area contributed by atoms with Gasteiger partial charge in [0.2, 0.25) is 5.91 Å². The number of benzene rings is 2. The van der Waals surface area contributed by atoms with E-state index in [1.54, 1.807) is 38.8 Å². The number of furan rings is 1. The van der Waals surface area contributed by atoms with Gasteiger partial charge in [0.05, 0.1) is 26.2 Å². The Morgan fingerprint density at radius 3 is 2.58 bits per heavy atom. The smallest absolute Gasteiger partial charge is 0.248 e. The molecule has 0 fully saturated rings. The number of carbonyl (C=O) groups excluding carboxylic acids is 1. The van der Waals surface area contributed by atoms with Crippen molar-refractivity contribution in [3.8, 4) is 22.6 Å². The number of halogens is 1. The van der Waals surface area contributed by atoms with Gasteiger partial charge in [0, 0.05) is 34.3 Å². The molecule has 7 heteroatoms. The number of methoxy groups -OCH3 is 2. The molecule has 0 aliphatic rings. The molecule has 0 saturated carbocycles. The van der Waals surface area contributed by atoms with Gasteiger partial charge in [0.1, 0.15) is 17.1 Å². The van der Waals surface area contributed by atoms with E-state index in [4.69, 9.17) is 25.5 Å². The van der Waals surface area contributed by atoms with Crippen molar-refractivity contribution in [1.82, 2.24) is 4.98 Å². The van der Waals surface area contributed by atoms with Crippen molar-refractivity contribution in [2.45, 2.75) is 13.8 Å². The number of amides is 1. The molecule has 2 aromatic carbocycles. The van der Waals surface area contributed by atoms with E-state index in [-0.39, 0.29) is 11.1 Å². The Balaban J connectivity index is 1.76. The number of aryl methyl sites for hydroxylation is 1. The number of ether oxygens (including phenoxy) is 2. The maximum atomic E-state index is 12.7. The van der Waals surface area contributed by atoms with Crippen LogP contribution < -0.4 is 14.8 Å². The van der Waals surface area contributed by atoms with Crippen LogP contribution in [0.15, 0.2) is 65.4 Å². The third-order valence-electron chi connectivity index (χ3n) is 5.44. The fourth-order valence-corrected chi connectivity index (χ4v) is 3.95. The third-order valence-corrected chi connectivity index (χ3v) is 5.74. The van der Waals surface area contributed by atoms with Crippen molar-refractivity contribution >= 4 is 39.7 Å². The molecule has 1 N–H and O–H groups in total. The number of nitrogens with zero attached hydrogens (tertiary/aromatic N) is 1. The molecule has 0 unspecified atom stereocenters. The maximum Gasteiger partial charge on any atom is 0.248 e. The van der Waals surface area contributed by atoms with Crippen LogP contribution in [0.3, 0.4) is 0 Å². The fraction of sp³-hybridized carbons (Fsp3) is 0.154. The monoisotopic (exact) mass is 462 g/mol. The lowest BCUT2D eigenvalue weighted by molar-refractivity contribution is -0.111. The van der Waals surface area contributed by atoms with E-state index >= 15 is 0 Å². The molecule has 0 bridgehead atoms. The van der Waals surface area contributed by atoms with Crippen LogP contribution in [-0.2, 0) is 4.79 Å². The van der Waals surface area contributed by atoms with Gasteiger partial charge < -0.3 is 19.2 Å². The molecule has 0 saturated heterocycles. The maximum absolute atomic E-state index is 12.7. The number of pyridine rings is 1. The van der Waals surface area contributed by atoms with E-state index in [9.17, 15) is 4.79 Å². The van der Waals surface area contributed by atoms with Crippen LogP contribution >= 0.6 is 11.6 Å². The highest BCUT2D eigenvalue weighted by molar-refractivity contribution is 6.32. The van der Waals surface area contributed by atoms with Gasteiger partial charge in [-0.3, -0.25) is 4.79 Å². The zero-order valence-electron chi connectivity index (χ0n) is 18.7. The second-order valence-electron chi connectivity index (χ2n) is 7.50. The molecule has 0 radical (unpaired) electrons. The van der Waals surface area contributed by atoms with Crippen LogP contribution in [0.5, 0.6) is 11.5 Å². The van der Waals surface area contributed by atoms with Gasteiger partial charge in [-0.25, -0.2) is 4.98 Å². The Morgan fingerprint density at radius 2 is 1.91 bits per heavy atom. The normalized spacial score (nSPS) is 11.5. The van der Waals surface area contributed by atoms with Crippen molar-refractivity contribution in [2.24, 2.45) is 0 Å². The molecule has 4 aromatic rings. The lowest BCUT2D eigenvalue weighted by atomic mass is 9.96. The summed E-state index contributed by atoms with van der Waals surface area (Å²) in [6, 6.07) is 13.2. The number of carbonyl (C=O) groups is 1. The summed E-state index contributed by atoms with van der Waals surface area (Å²) in [6.45, 7) is 3.80. The minimum absolute atomic E-state index is 0.231. The van der Waals surface area contributed by atoms with Crippen LogP contribution in [0.25, 0.3) is 27.7 Å². The number of rotatable bonds is 6. The molecule has 0 spiro atoms. The molecular weight excluding hydrogens is 440 g/mol. The lowest BCUT2D eigenvalue weighted by Crippen LogP contribution is -2.09. The first-order chi connectivity index (χ1) is 15.9. The fourth-order valence-electron chi connectivity index (χ4n) is 3.79. The summed E-state index contributed by atoms with van der Waals surface area (Å²) >= 11 is 6.05. The average molecular weight is 463 g/mol. The molecule has 4 rings (SSSR count). The molecule has 33 heavy (non-hydrogen) atoms. The molecule has 0 aliphatic heterocycles. The minimum Gasteiger partial charge on any atom is -0.497 e. The molecule has 1 amide bonds. The molecule has 0 atom stereocenters. The van der Waals surface area contributed by atoms with Crippen LogP contribution in [0.4, 0.5) is 5.69 Å². The van der Waals surface area contributed by atoms with Gasteiger partial charge in [-0.1, -0.05) is 23.7 Å². The first-order valence-electron chi connectivity index (χ1n) is 10.3. The zero-order valence-corrected chi connectivity index (χ0v) is 19.5. The van der Waals surface area contributed by atoms with Gasteiger partial charge in [0.15, 0.2) is 5.15 Å². The third kappa shape index (κ3) is 4.43. The minimum atomic E-state index is -0.315. The van der Waals surface area contributed by atoms with Crippen molar-refractivity contribution in [1.29, 1.82) is 0 Å². The van der Waals surface area contributed by atoms with Crippen LogP contribution in [0, 0.1) is 6.92 Å². The molecule has 2 aromatic heterocycles. The summed E-state index contributed by atoms with van der Waals surface area (Å²) in [5.74, 6) is 1.12. The summed E-state index contributed by atoms with van der Waals surface area (Å²) < 4.78 is 16.9. The standard InChI is InChI=1S/C26H23ClN2O4/c1-15(12-23(30)29-22-6-5-11-28-26(22)27)19-13-20-21(17-7-9-18(31-3)10-8-17)14-33-25(20)16(2)24(19)32-4/h5-14H,1-4H3,(H,29,30)/b15-12+. The van der Waals surface area contributed by atoms with Crippen molar-refractivity contribution < 1.29 is 18.7 Å². The number of allylic oxidation sites excluding steroid dienone is 1. The lowest BCUT2D eigenvalue weighted by Gasteiger charge is -2.13. The number of hydrogen-bond donors (Lipinski definition) is 1. The Hall–Kier alpha value is -3.77. The number of hydrogen-bond acceptors (Lipinski definition) is 5. The van der Waals surface area contributed by atoms with Crippen molar-refractivity contribution in [3.63, 3.8) is 0 Å². The molecule has 168 valence electrons. The summed E-state index contributed by atoms with van der Waals surface area (Å²) in [7, 11) is 3.24. The number of nitrogens with one attached hydrogen (secondary N) is 1. The van der Waals surface area contributed by atoms with Crippen LogP contribution in [-0.4, -0.2) is 25.1 Å². The Kier molecular flexibility index (Phi) is 6.38. The number of fused-ring (bicyclic) bond motifs is 1. The van der Waals surface area contributed by atoms with Gasteiger partial charge in [-0.2, -0.15) is 0 Å². The van der Waals surface area contributed by atoms with Crippen molar-refractivity contribution in [2.75, 3.05) is 19.5 Å². The van der Waals surface area contributed by atoms with E-state index in [1.807, 2.05) is 44.2 Å². The van der Waals surface area contributed by atoms with Crippen molar-refractivity contribution in [3.05, 3.63) is 77.3 Å².